The number of benzene rings is 2. The van der Waals surface area contributed by atoms with Gasteiger partial charge in [-0.05, 0) is 23.3 Å². The molecule has 1 atom stereocenters. The van der Waals surface area contributed by atoms with Crippen molar-refractivity contribution < 1.29 is 4.79 Å². The Morgan fingerprint density at radius 2 is 1.75 bits per heavy atom. The molecule has 1 aliphatic rings. The average molecular weight is 417 g/mol. The van der Waals surface area contributed by atoms with Gasteiger partial charge in [0.25, 0.3) is 5.56 Å². The SMILES string of the molecule is O=C1Nc2c(c(=O)[nH]c(=O)n2Cc2ccccc2)C(c2ccc(Cl)cc2Cl)N1. The van der Waals surface area contributed by atoms with Gasteiger partial charge >= 0.3 is 11.7 Å². The van der Waals surface area contributed by atoms with Gasteiger partial charge in [-0.2, -0.15) is 0 Å². The highest BCUT2D eigenvalue weighted by atomic mass is 35.5. The first-order chi connectivity index (χ1) is 13.4. The van der Waals surface area contributed by atoms with Gasteiger partial charge < -0.3 is 5.32 Å². The number of nitrogens with zero attached hydrogens (tertiary/aromatic N) is 1. The molecular formula is C19H14Cl2N4O3. The molecule has 3 aromatic rings. The third-order valence-electron chi connectivity index (χ3n) is 4.49. The molecule has 1 aliphatic heterocycles. The fourth-order valence-electron chi connectivity index (χ4n) is 3.22. The minimum atomic E-state index is -0.833. The van der Waals surface area contributed by atoms with Gasteiger partial charge in [0.15, 0.2) is 0 Å². The fraction of sp³-hybridized carbons (Fsp3) is 0.105. The lowest BCUT2D eigenvalue weighted by Gasteiger charge is -2.29. The Bertz CT molecular complexity index is 1190. The summed E-state index contributed by atoms with van der Waals surface area (Å²) < 4.78 is 1.32. The zero-order valence-electron chi connectivity index (χ0n) is 14.3. The van der Waals surface area contributed by atoms with E-state index in [2.05, 4.69) is 15.6 Å². The molecule has 0 radical (unpaired) electrons. The Balaban J connectivity index is 1.91. The lowest BCUT2D eigenvalue weighted by atomic mass is 9.98. The molecule has 4 rings (SSSR count). The molecule has 0 saturated carbocycles. The van der Waals surface area contributed by atoms with Crippen LogP contribution in [0.1, 0.15) is 22.7 Å². The minimum Gasteiger partial charge on any atom is -0.327 e. The van der Waals surface area contributed by atoms with Crippen LogP contribution in [0.5, 0.6) is 0 Å². The summed E-state index contributed by atoms with van der Waals surface area (Å²) in [6.45, 7) is 0.181. The van der Waals surface area contributed by atoms with Crippen molar-refractivity contribution in [3.05, 3.63) is 96.1 Å². The van der Waals surface area contributed by atoms with Gasteiger partial charge in [0.05, 0.1) is 18.2 Å². The molecule has 0 aliphatic carbocycles. The monoisotopic (exact) mass is 416 g/mol. The van der Waals surface area contributed by atoms with Crippen molar-refractivity contribution in [3.8, 4) is 0 Å². The Hall–Kier alpha value is -3.03. The summed E-state index contributed by atoms with van der Waals surface area (Å²) in [4.78, 5) is 39.7. The second kappa shape index (κ2) is 7.18. The van der Waals surface area contributed by atoms with Gasteiger partial charge in [-0.1, -0.05) is 59.6 Å². The van der Waals surface area contributed by atoms with Crippen LogP contribution in [0.3, 0.4) is 0 Å². The van der Waals surface area contributed by atoms with E-state index in [4.69, 9.17) is 23.2 Å². The number of carbonyl (C=O) groups excluding carboxylic acids is 1. The van der Waals surface area contributed by atoms with Crippen LogP contribution in [0.25, 0.3) is 0 Å². The van der Waals surface area contributed by atoms with Gasteiger partial charge in [0.2, 0.25) is 0 Å². The molecule has 2 amide bonds. The van der Waals surface area contributed by atoms with Crippen LogP contribution in [-0.4, -0.2) is 15.6 Å². The number of anilines is 1. The molecule has 1 unspecified atom stereocenters. The zero-order chi connectivity index (χ0) is 19.8. The Morgan fingerprint density at radius 1 is 1.00 bits per heavy atom. The number of fused-ring (bicyclic) bond motifs is 1. The molecular weight excluding hydrogens is 403 g/mol. The van der Waals surface area contributed by atoms with E-state index in [1.807, 2.05) is 30.3 Å². The van der Waals surface area contributed by atoms with Crippen LogP contribution in [0, 0.1) is 0 Å². The summed E-state index contributed by atoms with van der Waals surface area (Å²) in [5.41, 5.74) is 0.313. The van der Waals surface area contributed by atoms with E-state index in [1.165, 1.54) is 10.6 Å². The number of halogens is 2. The molecule has 0 spiro atoms. The average Bonchev–Trinajstić information content (AvgIpc) is 2.65. The van der Waals surface area contributed by atoms with E-state index in [0.717, 1.165) is 5.56 Å². The first-order valence-corrected chi connectivity index (χ1v) is 9.13. The Kier molecular flexibility index (Phi) is 4.70. The van der Waals surface area contributed by atoms with Crippen molar-refractivity contribution in [3.63, 3.8) is 0 Å². The molecule has 9 heteroatoms. The fourth-order valence-corrected chi connectivity index (χ4v) is 3.74. The molecule has 3 N–H and O–H groups in total. The lowest BCUT2D eigenvalue weighted by molar-refractivity contribution is 0.248. The number of aromatic nitrogens is 2. The largest absolute Gasteiger partial charge is 0.330 e. The second-order valence-corrected chi connectivity index (χ2v) is 7.13. The number of aromatic amines is 1. The van der Waals surface area contributed by atoms with E-state index < -0.39 is 23.3 Å². The number of hydrogen-bond donors (Lipinski definition) is 3. The highest BCUT2D eigenvalue weighted by Crippen LogP contribution is 2.33. The van der Waals surface area contributed by atoms with Gasteiger partial charge in [-0.3, -0.25) is 19.7 Å². The summed E-state index contributed by atoms with van der Waals surface area (Å²) in [5.74, 6) is 0.136. The standard InChI is InChI=1S/C19H14Cl2N4O3/c20-11-6-7-12(13(21)8-11)15-14-16(23-18(27)22-15)25(19(28)24-17(14)26)9-10-4-2-1-3-5-10/h1-8,15H,9H2,(H2,22,23,27)(H,24,26,28). The van der Waals surface area contributed by atoms with Crippen molar-refractivity contribution >= 4 is 35.1 Å². The molecule has 0 saturated heterocycles. The maximum atomic E-state index is 12.6. The highest BCUT2D eigenvalue weighted by molar-refractivity contribution is 6.35. The maximum Gasteiger partial charge on any atom is 0.330 e. The highest BCUT2D eigenvalue weighted by Gasteiger charge is 2.32. The molecule has 142 valence electrons. The molecule has 1 aromatic heterocycles. The van der Waals surface area contributed by atoms with Crippen molar-refractivity contribution in [2.24, 2.45) is 0 Å². The smallest absolute Gasteiger partial charge is 0.327 e. The number of urea groups is 1. The topological polar surface area (TPSA) is 96.0 Å². The van der Waals surface area contributed by atoms with Gasteiger partial charge in [-0.15, -0.1) is 0 Å². The van der Waals surface area contributed by atoms with Crippen LogP contribution in [0.2, 0.25) is 10.0 Å². The summed E-state index contributed by atoms with van der Waals surface area (Å²) in [5, 5.41) is 6.00. The maximum absolute atomic E-state index is 12.6. The molecule has 0 bridgehead atoms. The zero-order valence-corrected chi connectivity index (χ0v) is 15.8. The summed E-state index contributed by atoms with van der Waals surface area (Å²) in [6, 6.07) is 12.6. The number of carbonyl (C=O) groups is 1. The van der Waals surface area contributed by atoms with Crippen LogP contribution in [-0.2, 0) is 6.54 Å². The van der Waals surface area contributed by atoms with Crippen molar-refractivity contribution in [1.29, 1.82) is 0 Å². The van der Waals surface area contributed by atoms with Crippen molar-refractivity contribution in [2.45, 2.75) is 12.6 Å². The van der Waals surface area contributed by atoms with E-state index >= 15 is 0 Å². The van der Waals surface area contributed by atoms with Gasteiger partial charge in [-0.25, -0.2) is 9.59 Å². The van der Waals surface area contributed by atoms with E-state index in [1.54, 1.807) is 12.1 Å². The van der Waals surface area contributed by atoms with E-state index in [0.29, 0.717) is 15.6 Å². The number of nitrogens with one attached hydrogen (secondary N) is 3. The minimum absolute atomic E-state index is 0.136. The van der Waals surface area contributed by atoms with Crippen LogP contribution < -0.4 is 21.9 Å². The number of rotatable bonds is 3. The molecule has 2 aromatic carbocycles. The van der Waals surface area contributed by atoms with E-state index in [9.17, 15) is 14.4 Å². The van der Waals surface area contributed by atoms with Crippen LogP contribution in [0.15, 0.2) is 58.1 Å². The van der Waals surface area contributed by atoms with Gasteiger partial charge in [0, 0.05) is 10.0 Å². The summed E-state index contributed by atoms with van der Waals surface area (Å²) in [6.07, 6.45) is 0. The predicted molar refractivity (Wildman–Crippen MR) is 107 cm³/mol. The number of H-pyrrole nitrogens is 1. The third-order valence-corrected chi connectivity index (χ3v) is 5.05. The van der Waals surface area contributed by atoms with Crippen molar-refractivity contribution in [2.75, 3.05) is 5.32 Å². The third kappa shape index (κ3) is 3.30. The molecule has 2 heterocycles. The van der Waals surface area contributed by atoms with E-state index in [-0.39, 0.29) is 17.9 Å². The quantitative estimate of drug-likeness (QED) is 0.611. The van der Waals surface area contributed by atoms with Crippen LogP contribution >= 0.6 is 23.2 Å². The van der Waals surface area contributed by atoms with Gasteiger partial charge in [0.1, 0.15) is 5.82 Å². The van der Waals surface area contributed by atoms with Crippen molar-refractivity contribution in [1.82, 2.24) is 14.9 Å². The number of amides is 2. The first kappa shape index (κ1) is 18.3. The predicted octanol–water partition coefficient (Wildman–Crippen LogP) is 3.12. The molecule has 28 heavy (non-hydrogen) atoms. The Morgan fingerprint density at radius 3 is 2.46 bits per heavy atom. The first-order valence-electron chi connectivity index (χ1n) is 8.37. The lowest BCUT2D eigenvalue weighted by Crippen LogP contribution is -2.46. The Labute approximate surface area is 168 Å². The normalized spacial score (nSPS) is 15.5. The van der Waals surface area contributed by atoms with Crippen LogP contribution in [0.4, 0.5) is 10.6 Å². The summed E-state index contributed by atoms with van der Waals surface area (Å²) >= 11 is 12.2. The second-order valence-electron chi connectivity index (χ2n) is 6.29. The molecule has 7 nitrogen and oxygen atoms in total. The number of hydrogen-bond acceptors (Lipinski definition) is 3. The molecule has 0 fully saturated rings. The summed E-state index contributed by atoms with van der Waals surface area (Å²) in [7, 11) is 0.